The number of carbonyl (C=O) groups is 1. The molecule has 0 saturated carbocycles. The van der Waals surface area contributed by atoms with Crippen LogP contribution in [-0.4, -0.2) is 35.7 Å². The van der Waals surface area contributed by atoms with Crippen LogP contribution in [0.5, 0.6) is 0 Å². The number of aliphatic hydroxyl groups excluding tert-OH is 1. The Bertz CT molecular complexity index is 476. The van der Waals surface area contributed by atoms with E-state index >= 15 is 0 Å². The molecule has 4 nitrogen and oxygen atoms in total. The molecule has 1 amide bonds. The molecule has 1 heterocycles. The van der Waals surface area contributed by atoms with E-state index < -0.39 is 0 Å². The minimum absolute atomic E-state index is 0.00299. The number of anilines is 1. The third-order valence-corrected chi connectivity index (χ3v) is 3.74. The number of amides is 1. The highest BCUT2D eigenvalue weighted by Gasteiger charge is 2.38. The number of nitrogens with one attached hydrogen (secondary N) is 1. The molecule has 0 aliphatic carbocycles. The van der Waals surface area contributed by atoms with E-state index in [0.29, 0.717) is 6.42 Å². The smallest absolute Gasteiger partial charge is 0.243 e. The SMILES string of the molecule is CC1(C)CN(c2cccc(Br)c2)C(CCO)C(=O)N1. The van der Waals surface area contributed by atoms with Crippen molar-refractivity contribution in [1.82, 2.24) is 5.32 Å². The predicted octanol–water partition coefficient (Wildman–Crippen LogP) is 1.91. The maximum Gasteiger partial charge on any atom is 0.243 e. The molecular weight excluding hydrogens is 308 g/mol. The number of hydrogen-bond donors (Lipinski definition) is 2. The molecule has 0 radical (unpaired) electrons. The van der Waals surface area contributed by atoms with Gasteiger partial charge in [-0.05, 0) is 38.5 Å². The first-order valence-corrected chi connectivity index (χ1v) is 7.17. The maximum atomic E-state index is 12.2. The van der Waals surface area contributed by atoms with Gasteiger partial charge in [-0.2, -0.15) is 0 Å². The lowest BCUT2D eigenvalue weighted by Crippen LogP contribution is -2.65. The summed E-state index contributed by atoms with van der Waals surface area (Å²) in [5, 5.41) is 12.2. The van der Waals surface area contributed by atoms with E-state index in [1.807, 2.05) is 38.1 Å². The second kappa shape index (κ2) is 5.51. The van der Waals surface area contributed by atoms with Crippen LogP contribution < -0.4 is 10.2 Å². The van der Waals surface area contributed by atoms with Gasteiger partial charge in [0.2, 0.25) is 5.91 Å². The minimum Gasteiger partial charge on any atom is -0.396 e. The van der Waals surface area contributed by atoms with Crippen LogP contribution >= 0.6 is 15.9 Å². The number of hydrogen-bond acceptors (Lipinski definition) is 3. The molecule has 19 heavy (non-hydrogen) atoms. The number of halogens is 1. The van der Waals surface area contributed by atoms with E-state index in [2.05, 4.69) is 26.1 Å². The Hall–Kier alpha value is -1.07. The minimum atomic E-state index is -0.313. The van der Waals surface area contributed by atoms with Crippen molar-refractivity contribution < 1.29 is 9.90 Å². The van der Waals surface area contributed by atoms with Crippen LogP contribution in [0.25, 0.3) is 0 Å². The van der Waals surface area contributed by atoms with Crippen molar-refractivity contribution in [2.24, 2.45) is 0 Å². The molecule has 1 aliphatic rings. The number of benzene rings is 1. The zero-order valence-corrected chi connectivity index (χ0v) is 12.8. The molecule has 1 aromatic rings. The topological polar surface area (TPSA) is 52.6 Å². The van der Waals surface area contributed by atoms with Gasteiger partial charge in [0.15, 0.2) is 0 Å². The van der Waals surface area contributed by atoms with Crippen molar-refractivity contribution in [2.75, 3.05) is 18.1 Å². The van der Waals surface area contributed by atoms with Gasteiger partial charge >= 0.3 is 0 Å². The lowest BCUT2D eigenvalue weighted by Gasteiger charge is -2.45. The van der Waals surface area contributed by atoms with E-state index in [1.54, 1.807) is 0 Å². The summed E-state index contributed by atoms with van der Waals surface area (Å²) in [5.74, 6) is -0.0229. The van der Waals surface area contributed by atoms with Gasteiger partial charge in [0.25, 0.3) is 0 Å². The fraction of sp³-hybridized carbons (Fsp3) is 0.500. The Morgan fingerprint density at radius 1 is 1.53 bits per heavy atom. The van der Waals surface area contributed by atoms with E-state index in [4.69, 9.17) is 5.11 Å². The second-order valence-corrected chi connectivity index (χ2v) is 6.42. The van der Waals surface area contributed by atoms with Crippen molar-refractivity contribution in [2.45, 2.75) is 31.8 Å². The lowest BCUT2D eigenvalue weighted by atomic mass is 9.96. The van der Waals surface area contributed by atoms with Crippen molar-refractivity contribution >= 4 is 27.5 Å². The van der Waals surface area contributed by atoms with Gasteiger partial charge in [-0.15, -0.1) is 0 Å². The normalized spacial score (nSPS) is 22.2. The van der Waals surface area contributed by atoms with Crippen molar-refractivity contribution in [3.8, 4) is 0 Å². The third kappa shape index (κ3) is 3.28. The maximum absolute atomic E-state index is 12.2. The fourth-order valence-electron chi connectivity index (χ4n) is 2.47. The number of nitrogens with zero attached hydrogens (tertiary/aromatic N) is 1. The fourth-order valence-corrected chi connectivity index (χ4v) is 2.86. The molecule has 5 heteroatoms. The molecular formula is C14H19BrN2O2. The molecule has 1 saturated heterocycles. The zero-order chi connectivity index (χ0) is 14.0. The van der Waals surface area contributed by atoms with Crippen LogP contribution in [-0.2, 0) is 4.79 Å². The largest absolute Gasteiger partial charge is 0.396 e. The standard InChI is InChI=1S/C14H19BrN2O2/c1-14(2)9-17(11-5-3-4-10(15)8-11)12(6-7-18)13(19)16-14/h3-5,8,12,18H,6-7,9H2,1-2H3,(H,16,19). The monoisotopic (exact) mass is 326 g/mol. The predicted molar refractivity (Wildman–Crippen MR) is 79.2 cm³/mol. The molecule has 1 atom stereocenters. The van der Waals surface area contributed by atoms with Crippen molar-refractivity contribution in [1.29, 1.82) is 0 Å². The van der Waals surface area contributed by atoms with E-state index in [-0.39, 0.29) is 24.1 Å². The molecule has 2 N–H and O–H groups in total. The van der Waals surface area contributed by atoms with Crippen LogP contribution in [0.3, 0.4) is 0 Å². The third-order valence-electron chi connectivity index (χ3n) is 3.25. The van der Waals surface area contributed by atoms with Gasteiger partial charge in [-0.25, -0.2) is 0 Å². The summed E-state index contributed by atoms with van der Waals surface area (Å²) in [5.41, 5.74) is 0.724. The average molecular weight is 327 g/mol. The van der Waals surface area contributed by atoms with Gasteiger partial charge in [0, 0.05) is 23.3 Å². The highest BCUT2D eigenvalue weighted by Crippen LogP contribution is 2.27. The van der Waals surface area contributed by atoms with Gasteiger partial charge < -0.3 is 15.3 Å². The quantitative estimate of drug-likeness (QED) is 0.892. The van der Waals surface area contributed by atoms with Gasteiger partial charge in [0.1, 0.15) is 6.04 Å². The van der Waals surface area contributed by atoms with Crippen LogP contribution in [0.2, 0.25) is 0 Å². The van der Waals surface area contributed by atoms with Crippen molar-refractivity contribution in [3.05, 3.63) is 28.7 Å². The number of aliphatic hydroxyl groups is 1. The lowest BCUT2D eigenvalue weighted by molar-refractivity contribution is -0.125. The van der Waals surface area contributed by atoms with E-state index in [9.17, 15) is 4.79 Å². The van der Waals surface area contributed by atoms with Gasteiger partial charge in [-0.3, -0.25) is 4.79 Å². The first-order valence-electron chi connectivity index (χ1n) is 6.38. The summed E-state index contributed by atoms with van der Waals surface area (Å²) in [6.07, 6.45) is 0.439. The Balaban J connectivity index is 2.34. The number of carbonyl (C=O) groups excluding carboxylic acids is 1. The van der Waals surface area contributed by atoms with Gasteiger partial charge in [0.05, 0.1) is 5.54 Å². The Kier molecular flexibility index (Phi) is 4.16. The molecule has 2 rings (SSSR count). The molecule has 0 bridgehead atoms. The van der Waals surface area contributed by atoms with Crippen LogP contribution in [0.4, 0.5) is 5.69 Å². The van der Waals surface area contributed by atoms with Crippen molar-refractivity contribution in [3.63, 3.8) is 0 Å². The molecule has 1 fully saturated rings. The summed E-state index contributed by atoms with van der Waals surface area (Å²) in [7, 11) is 0. The van der Waals surface area contributed by atoms with Gasteiger partial charge in [-0.1, -0.05) is 22.0 Å². The first-order chi connectivity index (χ1) is 8.93. The summed E-state index contributed by atoms with van der Waals surface area (Å²) in [6, 6.07) is 7.59. The van der Waals surface area contributed by atoms with E-state index in [0.717, 1.165) is 16.7 Å². The zero-order valence-electron chi connectivity index (χ0n) is 11.2. The molecule has 0 aromatic heterocycles. The van der Waals surface area contributed by atoms with E-state index in [1.165, 1.54) is 0 Å². The summed E-state index contributed by atoms with van der Waals surface area (Å²) in [4.78, 5) is 14.3. The number of rotatable bonds is 3. The Labute approximate surface area is 121 Å². The summed E-state index contributed by atoms with van der Waals surface area (Å²) < 4.78 is 0.983. The molecule has 1 aliphatic heterocycles. The molecule has 0 spiro atoms. The highest BCUT2D eigenvalue weighted by molar-refractivity contribution is 9.10. The van der Waals surface area contributed by atoms with Crippen LogP contribution in [0.15, 0.2) is 28.7 Å². The van der Waals surface area contributed by atoms with Crippen LogP contribution in [0.1, 0.15) is 20.3 Å². The highest BCUT2D eigenvalue weighted by atomic mass is 79.9. The number of piperazine rings is 1. The molecule has 1 unspecified atom stereocenters. The summed E-state index contributed by atoms with van der Waals surface area (Å²) in [6.45, 7) is 4.74. The first kappa shape index (κ1) is 14.3. The Morgan fingerprint density at radius 3 is 2.89 bits per heavy atom. The molecule has 104 valence electrons. The Morgan fingerprint density at radius 2 is 2.26 bits per heavy atom. The van der Waals surface area contributed by atoms with Crippen LogP contribution in [0, 0.1) is 0 Å². The average Bonchev–Trinajstić information content (AvgIpc) is 2.31. The molecule has 1 aromatic carbocycles. The second-order valence-electron chi connectivity index (χ2n) is 5.51. The summed E-state index contributed by atoms with van der Waals surface area (Å²) >= 11 is 3.45.